The van der Waals surface area contributed by atoms with Crippen LogP contribution in [0.5, 0.6) is 0 Å². The molecular formula is C10H17N. The molecule has 0 aromatic heterocycles. The predicted molar refractivity (Wildman–Crippen MR) is 49.4 cm³/mol. The van der Waals surface area contributed by atoms with Gasteiger partial charge < -0.3 is 4.90 Å². The molecule has 0 N–H and O–H groups in total. The summed E-state index contributed by atoms with van der Waals surface area (Å²) >= 11 is 0. The first-order chi connectivity index (χ1) is 5.13. The van der Waals surface area contributed by atoms with Crippen LogP contribution >= 0.6 is 0 Å². The number of hydrogen-bond acceptors (Lipinski definition) is 1. The number of hydrogen-bond donors (Lipinski definition) is 0. The maximum atomic E-state index is 4.01. The van der Waals surface area contributed by atoms with Crippen LogP contribution in [-0.4, -0.2) is 17.5 Å². The standard InChI is InChI=1S/C10H17N/c1-8(2)10(4)11-7-5-6-9(11)3/h9H,1,4-7H2,2-3H3. The maximum absolute atomic E-state index is 4.01. The van der Waals surface area contributed by atoms with Crippen molar-refractivity contribution in [2.24, 2.45) is 0 Å². The molecule has 1 heteroatoms. The first-order valence-corrected chi connectivity index (χ1v) is 4.24. The molecule has 11 heavy (non-hydrogen) atoms. The maximum Gasteiger partial charge on any atom is 0.0319 e. The first kappa shape index (κ1) is 8.38. The van der Waals surface area contributed by atoms with Gasteiger partial charge in [-0.05, 0) is 32.3 Å². The fourth-order valence-corrected chi connectivity index (χ4v) is 1.58. The summed E-state index contributed by atoms with van der Waals surface area (Å²) < 4.78 is 0. The normalized spacial score (nSPS) is 23.8. The zero-order valence-corrected chi connectivity index (χ0v) is 7.56. The summed E-state index contributed by atoms with van der Waals surface area (Å²) in [7, 11) is 0. The van der Waals surface area contributed by atoms with Crippen molar-refractivity contribution in [3.8, 4) is 0 Å². The average Bonchev–Trinajstić information content (AvgIpc) is 2.33. The van der Waals surface area contributed by atoms with Gasteiger partial charge in [-0.2, -0.15) is 0 Å². The monoisotopic (exact) mass is 151 g/mol. The summed E-state index contributed by atoms with van der Waals surface area (Å²) in [6.07, 6.45) is 2.60. The highest BCUT2D eigenvalue weighted by atomic mass is 15.2. The Hall–Kier alpha value is -0.720. The van der Waals surface area contributed by atoms with E-state index in [0.29, 0.717) is 6.04 Å². The summed E-state index contributed by atoms with van der Waals surface area (Å²) in [6.45, 7) is 13.3. The fourth-order valence-electron chi connectivity index (χ4n) is 1.58. The Morgan fingerprint density at radius 1 is 1.45 bits per heavy atom. The fraction of sp³-hybridized carbons (Fsp3) is 0.600. The third kappa shape index (κ3) is 1.65. The number of rotatable bonds is 2. The van der Waals surface area contributed by atoms with E-state index in [0.717, 1.165) is 17.8 Å². The van der Waals surface area contributed by atoms with Gasteiger partial charge in [0, 0.05) is 18.3 Å². The summed E-state index contributed by atoms with van der Waals surface area (Å²) in [5, 5.41) is 0. The SMILES string of the molecule is C=C(C)C(=C)N1CCCC1C. The van der Waals surface area contributed by atoms with Crippen molar-refractivity contribution in [2.45, 2.75) is 32.7 Å². The molecule has 0 aromatic carbocycles. The molecule has 1 nitrogen and oxygen atoms in total. The second-order valence-electron chi connectivity index (χ2n) is 3.41. The highest BCUT2D eigenvalue weighted by molar-refractivity contribution is 5.22. The lowest BCUT2D eigenvalue weighted by molar-refractivity contribution is 0.348. The zero-order valence-electron chi connectivity index (χ0n) is 7.56. The Morgan fingerprint density at radius 2 is 2.09 bits per heavy atom. The van der Waals surface area contributed by atoms with Gasteiger partial charge in [-0.3, -0.25) is 0 Å². The Labute approximate surface area is 69.4 Å². The Morgan fingerprint density at radius 3 is 2.45 bits per heavy atom. The molecule has 1 heterocycles. The molecule has 1 fully saturated rings. The molecule has 0 radical (unpaired) electrons. The van der Waals surface area contributed by atoms with Crippen LogP contribution < -0.4 is 0 Å². The molecule has 0 aliphatic carbocycles. The van der Waals surface area contributed by atoms with Crippen LogP contribution in [0.25, 0.3) is 0 Å². The lowest BCUT2D eigenvalue weighted by atomic mass is 10.2. The van der Waals surface area contributed by atoms with Crippen LogP contribution in [0, 0.1) is 0 Å². The van der Waals surface area contributed by atoms with E-state index in [4.69, 9.17) is 0 Å². The zero-order chi connectivity index (χ0) is 8.43. The minimum Gasteiger partial charge on any atom is -0.369 e. The summed E-state index contributed by atoms with van der Waals surface area (Å²) in [6, 6.07) is 0.666. The van der Waals surface area contributed by atoms with Crippen molar-refractivity contribution in [2.75, 3.05) is 6.54 Å². The lowest BCUT2D eigenvalue weighted by Crippen LogP contribution is -2.25. The van der Waals surface area contributed by atoms with Gasteiger partial charge in [-0.1, -0.05) is 13.2 Å². The van der Waals surface area contributed by atoms with Gasteiger partial charge in [-0.15, -0.1) is 0 Å². The largest absolute Gasteiger partial charge is 0.369 e. The summed E-state index contributed by atoms with van der Waals surface area (Å²) in [4.78, 5) is 2.35. The van der Waals surface area contributed by atoms with E-state index in [2.05, 4.69) is 25.0 Å². The van der Waals surface area contributed by atoms with Gasteiger partial charge in [0.05, 0.1) is 0 Å². The molecular weight excluding hydrogens is 134 g/mol. The van der Waals surface area contributed by atoms with Crippen molar-refractivity contribution in [3.63, 3.8) is 0 Å². The highest BCUT2D eigenvalue weighted by Crippen LogP contribution is 2.23. The molecule has 0 saturated carbocycles. The topological polar surface area (TPSA) is 3.24 Å². The third-order valence-corrected chi connectivity index (χ3v) is 2.39. The molecule has 1 atom stereocenters. The van der Waals surface area contributed by atoms with E-state index in [-0.39, 0.29) is 0 Å². The molecule has 1 unspecified atom stereocenters. The van der Waals surface area contributed by atoms with E-state index in [1.807, 2.05) is 6.92 Å². The van der Waals surface area contributed by atoms with Crippen molar-refractivity contribution >= 4 is 0 Å². The first-order valence-electron chi connectivity index (χ1n) is 4.24. The molecule has 1 rings (SSSR count). The minimum atomic E-state index is 0.666. The van der Waals surface area contributed by atoms with Crippen molar-refractivity contribution < 1.29 is 0 Å². The van der Waals surface area contributed by atoms with Crippen LogP contribution in [0.1, 0.15) is 26.7 Å². The van der Waals surface area contributed by atoms with Crippen LogP contribution in [-0.2, 0) is 0 Å². The van der Waals surface area contributed by atoms with E-state index in [1.165, 1.54) is 12.8 Å². The number of allylic oxidation sites excluding steroid dienone is 1. The highest BCUT2D eigenvalue weighted by Gasteiger charge is 2.20. The van der Waals surface area contributed by atoms with E-state index < -0.39 is 0 Å². The second kappa shape index (κ2) is 3.12. The van der Waals surface area contributed by atoms with Crippen LogP contribution in [0.3, 0.4) is 0 Å². The van der Waals surface area contributed by atoms with Gasteiger partial charge >= 0.3 is 0 Å². The van der Waals surface area contributed by atoms with Gasteiger partial charge in [0.15, 0.2) is 0 Å². The molecule has 0 bridgehead atoms. The van der Waals surface area contributed by atoms with Crippen LogP contribution in [0.15, 0.2) is 24.4 Å². The molecule has 62 valence electrons. The van der Waals surface area contributed by atoms with Crippen LogP contribution in [0.4, 0.5) is 0 Å². The van der Waals surface area contributed by atoms with Crippen LogP contribution in [0.2, 0.25) is 0 Å². The Kier molecular flexibility index (Phi) is 2.38. The van der Waals surface area contributed by atoms with E-state index in [9.17, 15) is 0 Å². The van der Waals surface area contributed by atoms with Gasteiger partial charge in [-0.25, -0.2) is 0 Å². The molecule has 0 amide bonds. The molecule has 1 saturated heterocycles. The summed E-state index contributed by atoms with van der Waals surface area (Å²) in [5.74, 6) is 0. The lowest BCUT2D eigenvalue weighted by Gasteiger charge is -2.25. The predicted octanol–water partition coefficient (Wildman–Crippen LogP) is 2.56. The smallest absolute Gasteiger partial charge is 0.0319 e. The Balaban J connectivity index is 2.60. The molecule has 1 aliphatic heterocycles. The third-order valence-electron chi connectivity index (χ3n) is 2.39. The number of nitrogens with zero attached hydrogens (tertiary/aromatic N) is 1. The molecule has 0 spiro atoms. The van der Waals surface area contributed by atoms with Gasteiger partial charge in [0.25, 0.3) is 0 Å². The summed E-state index contributed by atoms with van der Waals surface area (Å²) in [5.41, 5.74) is 2.22. The van der Waals surface area contributed by atoms with Crippen molar-refractivity contribution in [1.82, 2.24) is 4.90 Å². The van der Waals surface area contributed by atoms with Crippen molar-refractivity contribution in [3.05, 3.63) is 24.4 Å². The number of likely N-dealkylation sites (tertiary alicyclic amines) is 1. The van der Waals surface area contributed by atoms with Gasteiger partial charge in [0.2, 0.25) is 0 Å². The minimum absolute atomic E-state index is 0.666. The molecule has 0 aromatic rings. The quantitative estimate of drug-likeness (QED) is 0.548. The Bertz CT molecular complexity index is 181. The average molecular weight is 151 g/mol. The van der Waals surface area contributed by atoms with Gasteiger partial charge in [0.1, 0.15) is 0 Å². The van der Waals surface area contributed by atoms with E-state index in [1.54, 1.807) is 0 Å². The van der Waals surface area contributed by atoms with E-state index >= 15 is 0 Å². The van der Waals surface area contributed by atoms with Crippen molar-refractivity contribution in [1.29, 1.82) is 0 Å². The molecule has 1 aliphatic rings. The second-order valence-corrected chi connectivity index (χ2v) is 3.41.